The van der Waals surface area contributed by atoms with Crippen LogP contribution in [0, 0.1) is 5.92 Å². The van der Waals surface area contributed by atoms with Crippen LogP contribution in [0.2, 0.25) is 0 Å². The third kappa shape index (κ3) is 5.87. The van der Waals surface area contributed by atoms with Crippen molar-refractivity contribution in [3.63, 3.8) is 0 Å². The van der Waals surface area contributed by atoms with Gasteiger partial charge in [-0.05, 0) is 58.2 Å². The number of nitrogens with zero attached hydrogens (tertiary/aromatic N) is 1. The highest BCUT2D eigenvalue weighted by molar-refractivity contribution is 4.75. The lowest BCUT2D eigenvalue weighted by Gasteiger charge is -2.28. The quantitative estimate of drug-likeness (QED) is 0.687. The van der Waals surface area contributed by atoms with Gasteiger partial charge in [0, 0.05) is 12.6 Å². The summed E-state index contributed by atoms with van der Waals surface area (Å²) in [5.41, 5.74) is 0. The van der Waals surface area contributed by atoms with Crippen molar-refractivity contribution in [1.29, 1.82) is 0 Å². The van der Waals surface area contributed by atoms with E-state index in [-0.39, 0.29) is 0 Å². The number of nitrogens with one attached hydrogen (secondary N) is 1. The fraction of sp³-hybridized carbons (Fsp3) is 1.00. The predicted octanol–water partition coefficient (Wildman–Crippen LogP) is 3.28. The monoisotopic (exact) mass is 240 g/mol. The van der Waals surface area contributed by atoms with Crippen molar-refractivity contribution < 1.29 is 0 Å². The summed E-state index contributed by atoms with van der Waals surface area (Å²) in [5.74, 6) is 1.00. The summed E-state index contributed by atoms with van der Waals surface area (Å²) in [4.78, 5) is 2.69. The Bertz CT molecular complexity index is 182. The van der Waals surface area contributed by atoms with E-state index in [1.165, 1.54) is 51.6 Å². The molecule has 0 aromatic rings. The molecule has 1 aliphatic rings. The van der Waals surface area contributed by atoms with E-state index < -0.39 is 0 Å². The standard InChI is InChI=1S/C15H32N2/c1-4-7-15-8-6-11-17(12-9-15)14(3)13-16-10-5-2/h14-16H,4-13H2,1-3H3. The molecule has 2 nitrogen and oxygen atoms in total. The van der Waals surface area contributed by atoms with Crippen LogP contribution in [-0.2, 0) is 0 Å². The van der Waals surface area contributed by atoms with E-state index in [0.29, 0.717) is 6.04 Å². The number of hydrogen-bond donors (Lipinski definition) is 1. The summed E-state index contributed by atoms with van der Waals surface area (Å²) in [6.07, 6.45) is 8.33. The van der Waals surface area contributed by atoms with Gasteiger partial charge in [0.2, 0.25) is 0 Å². The van der Waals surface area contributed by atoms with E-state index in [1.807, 2.05) is 0 Å². The molecular weight excluding hydrogens is 208 g/mol. The topological polar surface area (TPSA) is 15.3 Å². The minimum atomic E-state index is 0.710. The van der Waals surface area contributed by atoms with Crippen LogP contribution in [0.15, 0.2) is 0 Å². The molecule has 1 N–H and O–H groups in total. The molecule has 17 heavy (non-hydrogen) atoms. The highest BCUT2D eigenvalue weighted by Crippen LogP contribution is 2.22. The second-order valence-electron chi connectivity index (χ2n) is 5.67. The number of rotatable bonds is 7. The van der Waals surface area contributed by atoms with Crippen LogP contribution in [0.1, 0.15) is 59.3 Å². The smallest absolute Gasteiger partial charge is 0.0192 e. The zero-order chi connectivity index (χ0) is 12.5. The van der Waals surface area contributed by atoms with Crippen molar-refractivity contribution in [2.75, 3.05) is 26.2 Å². The molecule has 0 aliphatic carbocycles. The van der Waals surface area contributed by atoms with Gasteiger partial charge in [-0.15, -0.1) is 0 Å². The second-order valence-corrected chi connectivity index (χ2v) is 5.67. The molecule has 2 atom stereocenters. The van der Waals surface area contributed by atoms with Crippen molar-refractivity contribution in [1.82, 2.24) is 10.2 Å². The average molecular weight is 240 g/mol. The molecule has 0 spiro atoms. The van der Waals surface area contributed by atoms with Crippen molar-refractivity contribution in [2.24, 2.45) is 5.92 Å². The van der Waals surface area contributed by atoms with Gasteiger partial charge in [-0.25, -0.2) is 0 Å². The first kappa shape index (κ1) is 15.0. The molecule has 2 heteroatoms. The van der Waals surface area contributed by atoms with Crippen molar-refractivity contribution in [2.45, 2.75) is 65.3 Å². The first-order chi connectivity index (χ1) is 8.27. The largest absolute Gasteiger partial charge is 0.315 e. The summed E-state index contributed by atoms with van der Waals surface area (Å²) in [7, 11) is 0. The Morgan fingerprint density at radius 2 is 2.00 bits per heavy atom. The second kappa shape index (κ2) is 8.93. The molecule has 2 unspecified atom stereocenters. The van der Waals surface area contributed by atoms with E-state index in [0.717, 1.165) is 19.0 Å². The fourth-order valence-corrected chi connectivity index (χ4v) is 2.94. The Balaban J connectivity index is 2.24. The minimum absolute atomic E-state index is 0.710. The van der Waals surface area contributed by atoms with Gasteiger partial charge in [0.05, 0.1) is 0 Å². The molecule has 1 fully saturated rings. The average Bonchev–Trinajstić information content (AvgIpc) is 2.55. The SMILES string of the molecule is CCCNCC(C)N1CCCC(CCC)CC1. The highest BCUT2D eigenvalue weighted by atomic mass is 15.2. The molecule has 0 amide bonds. The summed E-state index contributed by atoms with van der Waals surface area (Å²) < 4.78 is 0. The first-order valence-corrected chi connectivity index (χ1v) is 7.72. The van der Waals surface area contributed by atoms with Crippen molar-refractivity contribution >= 4 is 0 Å². The molecule has 102 valence electrons. The van der Waals surface area contributed by atoms with Crippen LogP contribution >= 0.6 is 0 Å². The van der Waals surface area contributed by atoms with Gasteiger partial charge >= 0.3 is 0 Å². The van der Waals surface area contributed by atoms with Gasteiger partial charge in [0.15, 0.2) is 0 Å². The lowest BCUT2D eigenvalue weighted by molar-refractivity contribution is 0.209. The van der Waals surface area contributed by atoms with Crippen molar-refractivity contribution in [3.05, 3.63) is 0 Å². The van der Waals surface area contributed by atoms with E-state index >= 15 is 0 Å². The van der Waals surface area contributed by atoms with Crippen LogP contribution < -0.4 is 5.32 Å². The lowest BCUT2D eigenvalue weighted by Crippen LogP contribution is -2.41. The summed E-state index contributed by atoms with van der Waals surface area (Å²) in [6.45, 7) is 11.9. The van der Waals surface area contributed by atoms with E-state index in [9.17, 15) is 0 Å². The van der Waals surface area contributed by atoms with Crippen LogP contribution in [0.4, 0.5) is 0 Å². The maximum absolute atomic E-state index is 3.55. The van der Waals surface area contributed by atoms with E-state index in [1.54, 1.807) is 0 Å². The van der Waals surface area contributed by atoms with Gasteiger partial charge in [-0.1, -0.05) is 26.7 Å². The molecule has 0 radical (unpaired) electrons. The maximum Gasteiger partial charge on any atom is 0.0192 e. The number of hydrogen-bond acceptors (Lipinski definition) is 2. The normalized spacial score (nSPS) is 24.5. The fourth-order valence-electron chi connectivity index (χ4n) is 2.94. The van der Waals surface area contributed by atoms with Gasteiger partial charge in [0.1, 0.15) is 0 Å². The third-order valence-corrected chi connectivity index (χ3v) is 4.07. The van der Waals surface area contributed by atoms with Crippen LogP contribution in [-0.4, -0.2) is 37.1 Å². The van der Waals surface area contributed by atoms with Crippen LogP contribution in [0.25, 0.3) is 0 Å². The summed E-state index contributed by atoms with van der Waals surface area (Å²) in [6, 6.07) is 0.710. The van der Waals surface area contributed by atoms with Crippen LogP contribution in [0.5, 0.6) is 0 Å². The maximum atomic E-state index is 3.55. The van der Waals surface area contributed by atoms with Gasteiger partial charge in [0.25, 0.3) is 0 Å². The molecule has 1 saturated heterocycles. The van der Waals surface area contributed by atoms with Crippen LogP contribution in [0.3, 0.4) is 0 Å². The zero-order valence-electron chi connectivity index (χ0n) is 12.2. The Morgan fingerprint density at radius 3 is 2.71 bits per heavy atom. The first-order valence-electron chi connectivity index (χ1n) is 7.72. The number of likely N-dealkylation sites (tertiary alicyclic amines) is 1. The molecule has 0 aromatic carbocycles. The van der Waals surface area contributed by atoms with Gasteiger partial charge < -0.3 is 5.32 Å². The highest BCUT2D eigenvalue weighted by Gasteiger charge is 2.19. The Morgan fingerprint density at radius 1 is 1.18 bits per heavy atom. The Hall–Kier alpha value is -0.0800. The van der Waals surface area contributed by atoms with Crippen molar-refractivity contribution in [3.8, 4) is 0 Å². The lowest BCUT2D eigenvalue weighted by atomic mass is 9.96. The minimum Gasteiger partial charge on any atom is -0.315 e. The van der Waals surface area contributed by atoms with E-state index in [2.05, 4.69) is 31.0 Å². The zero-order valence-corrected chi connectivity index (χ0v) is 12.2. The molecule has 1 heterocycles. The molecule has 0 aromatic heterocycles. The molecular formula is C15H32N2. The molecule has 1 rings (SSSR count). The molecule has 0 bridgehead atoms. The third-order valence-electron chi connectivity index (χ3n) is 4.07. The van der Waals surface area contributed by atoms with E-state index in [4.69, 9.17) is 0 Å². The molecule has 1 aliphatic heterocycles. The predicted molar refractivity (Wildman–Crippen MR) is 76.4 cm³/mol. The van der Waals surface area contributed by atoms with Gasteiger partial charge in [-0.2, -0.15) is 0 Å². The molecule has 0 saturated carbocycles. The van der Waals surface area contributed by atoms with Gasteiger partial charge in [-0.3, -0.25) is 4.90 Å². The Labute approximate surface area is 108 Å². The summed E-state index contributed by atoms with van der Waals surface area (Å²) in [5, 5.41) is 3.55. The Kier molecular flexibility index (Phi) is 7.87. The summed E-state index contributed by atoms with van der Waals surface area (Å²) >= 11 is 0.